The molecule has 0 N–H and O–H groups in total. The number of nitrogens with zero attached hydrogens (tertiary/aromatic N) is 2. The molecule has 0 saturated carbocycles. The van der Waals surface area contributed by atoms with Crippen molar-refractivity contribution >= 4 is 6.29 Å². The van der Waals surface area contributed by atoms with Gasteiger partial charge in [-0.1, -0.05) is 13.8 Å². The van der Waals surface area contributed by atoms with Gasteiger partial charge in [0.05, 0.1) is 0 Å². The van der Waals surface area contributed by atoms with Crippen molar-refractivity contribution in [3.05, 3.63) is 0 Å². The Morgan fingerprint density at radius 2 is 1.84 bits per heavy atom. The number of carbonyl (C=O) groups is 1. The molecular formula is C15H30N2O2. The molecule has 112 valence electrons. The summed E-state index contributed by atoms with van der Waals surface area (Å²) in [6, 6.07) is 0. The molecule has 4 heteroatoms. The van der Waals surface area contributed by atoms with Crippen LogP contribution in [-0.4, -0.2) is 69.6 Å². The van der Waals surface area contributed by atoms with Crippen LogP contribution in [0.4, 0.5) is 0 Å². The number of rotatable bonds is 8. The summed E-state index contributed by atoms with van der Waals surface area (Å²) in [4.78, 5) is 16.2. The van der Waals surface area contributed by atoms with Crippen molar-refractivity contribution in [3.63, 3.8) is 0 Å². The van der Waals surface area contributed by atoms with Crippen molar-refractivity contribution in [3.8, 4) is 0 Å². The lowest BCUT2D eigenvalue weighted by Gasteiger charge is -2.38. The predicted octanol–water partition coefficient (Wildman–Crippen LogP) is 1.50. The number of ether oxygens (including phenoxy) is 1. The van der Waals surface area contributed by atoms with Crippen LogP contribution in [0.1, 0.15) is 26.7 Å². The largest absolute Gasteiger partial charge is 0.381 e. The molecule has 1 aliphatic rings. The van der Waals surface area contributed by atoms with Crippen LogP contribution in [0.3, 0.4) is 0 Å². The zero-order valence-corrected chi connectivity index (χ0v) is 13.0. The topological polar surface area (TPSA) is 32.8 Å². The van der Waals surface area contributed by atoms with Gasteiger partial charge in [-0.25, -0.2) is 0 Å². The van der Waals surface area contributed by atoms with Gasteiger partial charge in [0.25, 0.3) is 0 Å². The highest BCUT2D eigenvalue weighted by Gasteiger charge is 2.34. The Labute approximate surface area is 118 Å². The molecule has 0 unspecified atom stereocenters. The van der Waals surface area contributed by atoms with Crippen molar-refractivity contribution in [1.29, 1.82) is 0 Å². The molecule has 1 rings (SSSR count). The van der Waals surface area contributed by atoms with Crippen molar-refractivity contribution in [2.24, 2.45) is 11.3 Å². The van der Waals surface area contributed by atoms with Gasteiger partial charge in [-0.05, 0) is 32.9 Å². The number of hydrogen-bond donors (Lipinski definition) is 0. The fourth-order valence-electron chi connectivity index (χ4n) is 2.63. The predicted molar refractivity (Wildman–Crippen MR) is 78.4 cm³/mol. The lowest BCUT2D eigenvalue weighted by Crippen LogP contribution is -2.45. The molecule has 0 aromatic rings. The van der Waals surface area contributed by atoms with Crippen molar-refractivity contribution < 1.29 is 9.53 Å². The molecule has 1 saturated heterocycles. The second-order valence-corrected chi connectivity index (χ2v) is 6.52. The van der Waals surface area contributed by atoms with Gasteiger partial charge in [0.1, 0.15) is 6.29 Å². The fraction of sp³-hybridized carbons (Fsp3) is 0.933. The van der Waals surface area contributed by atoms with Crippen molar-refractivity contribution in [1.82, 2.24) is 9.80 Å². The monoisotopic (exact) mass is 270 g/mol. The molecule has 0 amide bonds. The van der Waals surface area contributed by atoms with Gasteiger partial charge in [0.15, 0.2) is 0 Å². The van der Waals surface area contributed by atoms with E-state index in [0.717, 1.165) is 52.2 Å². The van der Waals surface area contributed by atoms with Gasteiger partial charge in [-0.3, -0.25) is 0 Å². The molecular weight excluding hydrogens is 240 g/mol. The van der Waals surface area contributed by atoms with Gasteiger partial charge < -0.3 is 19.3 Å². The Hall–Kier alpha value is -0.450. The summed E-state index contributed by atoms with van der Waals surface area (Å²) in [6.07, 6.45) is 2.92. The van der Waals surface area contributed by atoms with E-state index in [2.05, 4.69) is 37.7 Å². The SMILES string of the molecule is CC(C)CN(CCN(C)C)CC1(C=O)CCOCC1. The summed E-state index contributed by atoms with van der Waals surface area (Å²) >= 11 is 0. The average molecular weight is 270 g/mol. The van der Waals surface area contributed by atoms with Crippen molar-refractivity contribution in [2.45, 2.75) is 26.7 Å². The van der Waals surface area contributed by atoms with Gasteiger partial charge in [0, 0.05) is 44.8 Å². The zero-order valence-electron chi connectivity index (χ0n) is 13.0. The standard InChI is InChI=1S/C15H30N2O2/c1-14(2)11-17(8-7-16(3)4)12-15(13-18)5-9-19-10-6-15/h13-14H,5-12H2,1-4H3. The highest BCUT2D eigenvalue weighted by Crippen LogP contribution is 2.29. The van der Waals surface area contributed by atoms with Crippen LogP contribution < -0.4 is 0 Å². The molecule has 1 fully saturated rings. The van der Waals surface area contributed by atoms with Crippen LogP contribution in [0.5, 0.6) is 0 Å². The van der Waals surface area contributed by atoms with Crippen LogP contribution in [0.25, 0.3) is 0 Å². The Morgan fingerprint density at radius 3 is 2.32 bits per heavy atom. The molecule has 0 aromatic heterocycles. The quantitative estimate of drug-likeness (QED) is 0.626. The minimum atomic E-state index is -0.181. The molecule has 19 heavy (non-hydrogen) atoms. The van der Waals surface area contributed by atoms with E-state index in [1.165, 1.54) is 6.29 Å². The minimum Gasteiger partial charge on any atom is -0.381 e. The number of aldehydes is 1. The first-order chi connectivity index (χ1) is 8.97. The maximum Gasteiger partial charge on any atom is 0.127 e. The third kappa shape index (κ3) is 6.02. The van der Waals surface area contributed by atoms with Crippen LogP contribution in [0.15, 0.2) is 0 Å². The lowest BCUT2D eigenvalue weighted by atomic mass is 9.81. The summed E-state index contributed by atoms with van der Waals surface area (Å²) in [5.74, 6) is 0.630. The Balaban J connectivity index is 2.59. The van der Waals surface area contributed by atoms with Gasteiger partial charge in [-0.2, -0.15) is 0 Å². The Morgan fingerprint density at radius 1 is 1.21 bits per heavy atom. The van der Waals surface area contributed by atoms with Gasteiger partial charge >= 0.3 is 0 Å². The Kier molecular flexibility index (Phi) is 6.97. The average Bonchev–Trinajstić information content (AvgIpc) is 2.36. The lowest BCUT2D eigenvalue weighted by molar-refractivity contribution is -0.123. The highest BCUT2D eigenvalue weighted by molar-refractivity contribution is 5.60. The Bertz CT molecular complexity index is 261. The number of hydrogen-bond acceptors (Lipinski definition) is 4. The van der Waals surface area contributed by atoms with E-state index in [0.29, 0.717) is 5.92 Å². The van der Waals surface area contributed by atoms with E-state index < -0.39 is 0 Å². The molecule has 0 aliphatic carbocycles. The first-order valence-corrected chi connectivity index (χ1v) is 7.38. The fourth-order valence-corrected chi connectivity index (χ4v) is 2.63. The van der Waals surface area contributed by atoms with Gasteiger partial charge in [0.2, 0.25) is 0 Å². The number of likely N-dealkylation sites (N-methyl/N-ethyl adjacent to an activating group) is 1. The first-order valence-electron chi connectivity index (χ1n) is 7.38. The van der Waals surface area contributed by atoms with E-state index in [1.807, 2.05) is 0 Å². The minimum absolute atomic E-state index is 0.181. The summed E-state index contributed by atoms with van der Waals surface area (Å²) in [7, 11) is 4.19. The summed E-state index contributed by atoms with van der Waals surface area (Å²) in [6.45, 7) is 9.93. The molecule has 0 atom stereocenters. The van der Waals surface area contributed by atoms with E-state index in [1.54, 1.807) is 0 Å². The van der Waals surface area contributed by atoms with E-state index in [4.69, 9.17) is 4.74 Å². The third-order valence-corrected chi connectivity index (χ3v) is 3.76. The molecule has 0 aromatic carbocycles. The van der Waals surface area contributed by atoms with E-state index in [-0.39, 0.29) is 5.41 Å². The maximum absolute atomic E-state index is 11.5. The van der Waals surface area contributed by atoms with Gasteiger partial charge in [-0.15, -0.1) is 0 Å². The normalized spacial score (nSPS) is 19.3. The summed E-state index contributed by atoms with van der Waals surface area (Å²) in [5.41, 5.74) is -0.181. The van der Waals surface area contributed by atoms with E-state index >= 15 is 0 Å². The molecule has 0 bridgehead atoms. The van der Waals surface area contributed by atoms with Crippen LogP contribution in [-0.2, 0) is 9.53 Å². The van der Waals surface area contributed by atoms with Crippen LogP contribution in [0, 0.1) is 11.3 Å². The maximum atomic E-state index is 11.5. The second kappa shape index (κ2) is 7.98. The van der Waals surface area contributed by atoms with Crippen molar-refractivity contribution in [2.75, 3.05) is 53.5 Å². The first kappa shape index (κ1) is 16.6. The van der Waals surface area contributed by atoms with Crippen LogP contribution >= 0.6 is 0 Å². The smallest absolute Gasteiger partial charge is 0.127 e. The van der Waals surface area contributed by atoms with Crippen LogP contribution in [0.2, 0.25) is 0 Å². The molecule has 1 heterocycles. The summed E-state index contributed by atoms with van der Waals surface area (Å²) < 4.78 is 5.40. The molecule has 0 spiro atoms. The second-order valence-electron chi connectivity index (χ2n) is 6.52. The molecule has 0 radical (unpaired) electrons. The van der Waals surface area contributed by atoms with E-state index in [9.17, 15) is 4.79 Å². The number of carbonyl (C=O) groups excluding carboxylic acids is 1. The molecule has 4 nitrogen and oxygen atoms in total. The third-order valence-electron chi connectivity index (χ3n) is 3.76. The highest BCUT2D eigenvalue weighted by atomic mass is 16.5. The summed E-state index contributed by atoms with van der Waals surface area (Å²) in [5, 5.41) is 0. The molecule has 1 aliphatic heterocycles. The zero-order chi connectivity index (χ0) is 14.3.